The predicted octanol–water partition coefficient (Wildman–Crippen LogP) is 0.770. The van der Waals surface area contributed by atoms with Gasteiger partial charge < -0.3 is 9.64 Å². The van der Waals surface area contributed by atoms with E-state index in [1.54, 1.807) is 18.2 Å². The second-order valence-electron chi connectivity index (χ2n) is 4.26. The van der Waals surface area contributed by atoms with E-state index in [0.29, 0.717) is 12.0 Å². The Morgan fingerprint density at radius 3 is 2.71 bits per heavy atom. The van der Waals surface area contributed by atoms with Crippen molar-refractivity contribution in [3.63, 3.8) is 0 Å². The second kappa shape index (κ2) is 6.54. The summed E-state index contributed by atoms with van der Waals surface area (Å²) in [5.74, 6) is 5.41. The minimum absolute atomic E-state index is 0.00612. The summed E-state index contributed by atoms with van der Waals surface area (Å²) >= 11 is 0. The van der Waals surface area contributed by atoms with Crippen LogP contribution < -0.4 is 16.0 Å². The summed E-state index contributed by atoms with van der Waals surface area (Å²) in [4.78, 5) is 2.00. The highest BCUT2D eigenvalue weighted by atomic mass is 19.1. The summed E-state index contributed by atoms with van der Waals surface area (Å²) in [5.41, 5.74) is 3.30. The van der Waals surface area contributed by atoms with Crippen molar-refractivity contribution in [3.05, 3.63) is 29.6 Å². The Morgan fingerprint density at radius 1 is 1.47 bits per heavy atom. The van der Waals surface area contributed by atoms with Crippen molar-refractivity contribution in [1.29, 1.82) is 0 Å². The Balaban J connectivity index is 2.79. The van der Waals surface area contributed by atoms with Crippen LogP contribution in [0.5, 0.6) is 5.75 Å². The predicted molar refractivity (Wildman–Crippen MR) is 66.3 cm³/mol. The average Bonchev–Trinajstić information content (AvgIpc) is 2.30. The highest BCUT2D eigenvalue weighted by molar-refractivity contribution is 5.31. The molecule has 0 aliphatic heterocycles. The minimum atomic E-state index is -0.311. The maximum absolute atomic E-state index is 13.9. The molecule has 0 saturated heterocycles. The molecule has 0 radical (unpaired) electrons. The highest BCUT2D eigenvalue weighted by Gasteiger charge is 2.14. The summed E-state index contributed by atoms with van der Waals surface area (Å²) in [6.45, 7) is 0.743. The zero-order chi connectivity index (χ0) is 12.8. The largest absolute Gasteiger partial charge is 0.494 e. The summed E-state index contributed by atoms with van der Waals surface area (Å²) in [5, 5.41) is 0. The number of likely N-dealkylation sites (N-methyl/N-ethyl adjacent to an activating group) is 1. The number of nitrogens with one attached hydrogen (secondary N) is 1. The van der Waals surface area contributed by atoms with Gasteiger partial charge in [0.25, 0.3) is 0 Å². The van der Waals surface area contributed by atoms with Gasteiger partial charge >= 0.3 is 0 Å². The summed E-state index contributed by atoms with van der Waals surface area (Å²) < 4.78 is 18.8. The number of nitrogens with two attached hydrogens (primary N) is 1. The van der Waals surface area contributed by atoms with E-state index in [1.165, 1.54) is 7.11 Å². The summed E-state index contributed by atoms with van der Waals surface area (Å²) in [6, 6.07) is 5.14. The third kappa shape index (κ3) is 3.96. The molecule has 96 valence electrons. The first kappa shape index (κ1) is 13.9. The highest BCUT2D eigenvalue weighted by Crippen LogP contribution is 2.20. The number of hydrogen-bond acceptors (Lipinski definition) is 4. The topological polar surface area (TPSA) is 50.5 Å². The fraction of sp³-hybridized carbons (Fsp3) is 0.500. The quantitative estimate of drug-likeness (QED) is 0.570. The Morgan fingerprint density at radius 2 is 2.18 bits per heavy atom. The molecule has 0 spiro atoms. The molecule has 0 heterocycles. The zero-order valence-corrected chi connectivity index (χ0v) is 10.5. The number of benzene rings is 1. The van der Waals surface area contributed by atoms with Gasteiger partial charge in [-0.3, -0.25) is 11.3 Å². The van der Waals surface area contributed by atoms with E-state index in [4.69, 9.17) is 10.6 Å². The maximum Gasteiger partial charge on any atom is 0.168 e. The van der Waals surface area contributed by atoms with Gasteiger partial charge in [-0.05, 0) is 32.1 Å². The standard InChI is InChI=1S/C12H20FN3O/c1-16(2)8-10(15-14)7-9-5-4-6-11(17-3)12(9)13/h4-6,10,15H,7-8,14H2,1-3H3. The molecule has 0 saturated carbocycles. The fourth-order valence-corrected chi connectivity index (χ4v) is 1.75. The molecule has 0 aliphatic rings. The molecule has 0 fully saturated rings. The van der Waals surface area contributed by atoms with E-state index >= 15 is 0 Å². The third-order valence-corrected chi connectivity index (χ3v) is 2.55. The minimum Gasteiger partial charge on any atom is -0.494 e. The first-order valence-corrected chi connectivity index (χ1v) is 5.50. The molecule has 17 heavy (non-hydrogen) atoms. The molecular weight excluding hydrogens is 221 g/mol. The normalized spacial score (nSPS) is 12.8. The van der Waals surface area contributed by atoms with Crippen molar-refractivity contribution >= 4 is 0 Å². The molecule has 1 rings (SSSR count). The summed E-state index contributed by atoms with van der Waals surface area (Å²) in [6.07, 6.45) is 0.526. The van der Waals surface area contributed by atoms with Crippen LogP contribution in [0.4, 0.5) is 4.39 Å². The molecule has 0 aromatic heterocycles. The number of nitrogens with zero attached hydrogens (tertiary/aromatic N) is 1. The second-order valence-corrected chi connectivity index (χ2v) is 4.26. The number of rotatable bonds is 6. The lowest BCUT2D eigenvalue weighted by molar-refractivity contribution is 0.334. The van der Waals surface area contributed by atoms with Gasteiger partial charge in [0.05, 0.1) is 7.11 Å². The van der Waals surface area contributed by atoms with E-state index < -0.39 is 0 Å². The van der Waals surface area contributed by atoms with Crippen molar-refractivity contribution in [2.24, 2.45) is 5.84 Å². The van der Waals surface area contributed by atoms with Gasteiger partial charge in [0, 0.05) is 12.6 Å². The van der Waals surface area contributed by atoms with E-state index in [2.05, 4.69) is 5.43 Å². The van der Waals surface area contributed by atoms with Crippen LogP contribution in [0, 0.1) is 5.82 Å². The lowest BCUT2D eigenvalue weighted by Gasteiger charge is -2.20. The van der Waals surface area contributed by atoms with Gasteiger partial charge in [-0.2, -0.15) is 0 Å². The molecule has 0 bridgehead atoms. The van der Waals surface area contributed by atoms with E-state index in [1.807, 2.05) is 19.0 Å². The molecule has 1 unspecified atom stereocenters. The van der Waals surface area contributed by atoms with Gasteiger partial charge in [-0.1, -0.05) is 12.1 Å². The number of ether oxygens (including phenoxy) is 1. The number of halogens is 1. The van der Waals surface area contributed by atoms with Gasteiger partial charge in [-0.25, -0.2) is 4.39 Å². The Kier molecular flexibility index (Phi) is 5.34. The van der Waals surface area contributed by atoms with Crippen LogP contribution in [0.1, 0.15) is 5.56 Å². The Bertz CT molecular complexity index is 358. The average molecular weight is 241 g/mol. The molecule has 1 aromatic carbocycles. The lowest BCUT2D eigenvalue weighted by atomic mass is 10.0. The van der Waals surface area contributed by atoms with E-state index in [0.717, 1.165) is 6.54 Å². The van der Waals surface area contributed by atoms with E-state index in [-0.39, 0.29) is 17.6 Å². The molecule has 4 nitrogen and oxygen atoms in total. The van der Waals surface area contributed by atoms with Crippen LogP contribution in [0.3, 0.4) is 0 Å². The maximum atomic E-state index is 13.9. The van der Waals surface area contributed by atoms with Crippen molar-refractivity contribution < 1.29 is 9.13 Å². The van der Waals surface area contributed by atoms with Crippen molar-refractivity contribution in [2.45, 2.75) is 12.5 Å². The van der Waals surface area contributed by atoms with Gasteiger partial charge in [0.1, 0.15) is 0 Å². The fourth-order valence-electron chi connectivity index (χ4n) is 1.75. The van der Waals surface area contributed by atoms with Crippen LogP contribution in [0.2, 0.25) is 0 Å². The summed E-state index contributed by atoms with van der Waals surface area (Å²) in [7, 11) is 5.36. The van der Waals surface area contributed by atoms with Crippen LogP contribution in [0.25, 0.3) is 0 Å². The smallest absolute Gasteiger partial charge is 0.168 e. The van der Waals surface area contributed by atoms with E-state index in [9.17, 15) is 4.39 Å². The lowest BCUT2D eigenvalue weighted by Crippen LogP contribution is -2.43. The Hall–Kier alpha value is -1.17. The molecule has 0 aliphatic carbocycles. The first-order valence-electron chi connectivity index (χ1n) is 5.50. The molecular formula is C12H20FN3O. The molecule has 0 amide bonds. The van der Waals surface area contributed by atoms with Crippen LogP contribution >= 0.6 is 0 Å². The van der Waals surface area contributed by atoms with Crippen LogP contribution in [0.15, 0.2) is 18.2 Å². The van der Waals surface area contributed by atoms with Crippen molar-refractivity contribution in [2.75, 3.05) is 27.7 Å². The third-order valence-electron chi connectivity index (χ3n) is 2.55. The monoisotopic (exact) mass is 241 g/mol. The number of hydrazine groups is 1. The molecule has 3 N–H and O–H groups in total. The zero-order valence-electron chi connectivity index (χ0n) is 10.5. The number of methoxy groups -OCH3 is 1. The van der Waals surface area contributed by atoms with Gasteiger partial charge in [-0.15, -0.1) is 0 Å². The molecule has 1 atom stereocenters. The van der Waals surface area contributed by atoms with Crippen molar-refractivity contribution in [3.8, 4) is 5.75 Å². The van der Waals surface area contributed by atoms with Crippen LogP contribution in [-0.2, 0) is 6.42 Å². The molecule has 1 aromatic rings. The van der Waals surface area contributed by atoms with Gasteiger partial charge in [0.2, 0.25) is 0 Å². The Labute approximate surface area is 102 Å². The van der Waals surface area contributed by atoms with Crippen LogP contribution in [-0.4, -0.2) is 38.7 Å². The molecule has 5 heteroatoms. The SMILES string of the molecule is COc1cccc(CC(CN(C)C)NN)c1F. The first-order chi connectivity index (χ1) is 8.08. The van der Waals surface area contributed by atoms with Gasteiger partial charge in [0.15, 0.2) is 11.6 Å². The van der Waals surface area contributed by atoms with Crippen molar-refractivity contribution in [1.82, 2.24) is 10.3 Å². The number of hydrogen-bond donors (Lipinski definition) is 2.